The second kappa shape index (κ2) is 12.9. The molecule has 2 aliphatic rings. The Labute approximate surface area is 251 Å². The number of alkyl halides is 1. The van der Waals surface area contributed by atoms with Crippen LogP contribution < -0.4 is 9.47 Å². The molecule has 2 aliphatic heterocycles. The molecule has 0 saturated carbocycles. The zero-order valence-electron chi connectivity index (χ0n) is 23.7. The summed E-state index contributed by atoms with van der Waals surface area (Å²) in [5, 5.41) is 18.4. The average Bonchev–Trinajstić information content (AvgIpc) is 3.35. The van der Waals surface area contributed by atoms with E-state index in [0.717, 1.165) is 23.8 Å². The molecule has 0 bridgehead atoms. The fourth-order valence-corrected chi connectivity index (χ4v) is 5.50. The molecule has 228 valence electrons. The lowest BCUT2D eigenvalue weighted by molar-refractivity contribution is -0.0594. The molecule has 0 spiro atoms. The summed E-state index contributed by atoms with van der Waals surface area (Å²) < 4.78 is 47.8. The van der Waals surface area contributed by atoms with E-state index >= 15 is 0 Å². The number of likely N-dealkylation sites (tertiary alicyclic amines) is 1. The molecular weight excluding hydrogens is 574 g/mol. The number of piperidine rings is 1. The second-order valence-corrected chi connectivity index (χ2v) is 10.8. The van der Waals surface area contributed by atoms with E-state index in [4.69, 9.17) is 24.5 Å². The smallest absolute Gasteiger partial charge is 0.335 e. The Balaban J connectivity index is 1.11. The number of hydrogen-bond donors (Lipinski definition) is 1. The van der Waals surface area contributed by atoms with Crippen molar-refractivity contribution in [2.24, 2.45) is 0 Å². The predicted molar refractivity (Wildman–Crippen MR) is 152 cm³/mol. The number of nitrogens with zero attached hydrogens (tertiary/aromatic N) is 6. The van der Waals surface area contributed by atoms with E-state index in [1.165, 1.54) is 24.4 Å². The third-order valence-corrected chi connectivity index (χ3v) is 7.95. The first kappa shape index (κ1) is 29.4. The van der Waals surface area contributed by atoms with Crippen LogP contribution in [0.4, 0.5) is 8.78 Å². The van der Waals surface area contributed by atoms with E-state index < -0.39 is 24.5 Å². The molecule has 11 nitrogen and oxygen atoms in total. The molecular formula is C31H30F2N6O5. The Morgan fingerprint density at radius 1 is 1.18 bits per heavy atom. The van der Waals surface area contributed by atoms with Crippen molar-refractivity contribution in [3.8, 4) is 17.7 Å². The molecule has 2 aromatic carbocycles. The highest BCUT2D eigenvalue weighted by atomic mass is 19.1. The molecule has 44 heavy (non-hydrogen) atoms. The highest BCUT2D eigenvalue weighted by Gasteiger charge is 2.32. The number of carboxylic acids is 1. The number of nitriles is 1. The number of aromatic carboxylic acids is 1. The minimum Gasteiger partial charge on any atom is -0.483 e. The van der Waals surface area contributed by atoms with Crippen LogP contribution in [0.2, 0.25) is 0 Å². The van der Waals surface area contributed by atoms with Crippen LogP contribution in [0.5, 0.6) is 11.6 Å². The Morgan fingerprint density at radius 2 is 2.05 bits per heavy atom. The summed E-state index contributed by atoms with van der Waals surface area (Å²) >= 11 is 0. The highest BCUT2D eigenvalue weighted by molar-refractivity contribution is 5.92. The van der Waals surface area contributed by atoms with Gasteiger partial charge in [0.15, 0.2) is 17.4 Å². The van der Waals surface area contributed by atoms with Crippen molar-refractivity contribution < 1.29 is 32.9 Å². The molecule has 2 saturated heterocycles. The summed E-state index contributed by atoms with van der Waals surface area (Å²) in [4.78, 5) is 27.0. The van der Waals surface area contributed by atoms with Crippen molar-refractivity contribution in [1.29, 1.82) is 5.26 Å². The summed E-state index contributed by atoms with van der Waals surface area (Å²) in [7, 11) is 0. The van der Waals surface area contributed by atoms with Gasteiger partial charge >= 0.3 is 5.97 Å². The number of carbonyl (C=O) groups is 1. The van der Waals surface area contributed by atoms with Gasteiger partial charge in [-0.25, -0.2) is 23.5 Å². The van der Waals surface area contributed by atoms with E-state index in [0.29, 0.717) is 50.5 Å². The van der Waals surface area contributed by atoms with Gasteiger partial charge in [-0.05, 0) is 49.2 Å². The molecule has 0 amide bonds. The van der Waals surface area contributed by atoms with Crippen LogP contribution in [0.3, 0.4) is 0 Å². The van der Waals surface area contributed by atoms with Gasteiger partial charge < -0.3 is 23.9 Å². The summed E-state index contributed by atoms with van der Waals surface area (Å²) in [6.45, 7) is 1.52. The molecule has 6 rings (SSSR count). The number of hydrogen-bond acceptors (Lipinski definition) is 9. The van der Waals surface area contributed by atoms with E-state index in [9.17, 15) is 18.7 Å². The van der Waals surface area contributed by atoms with Gasteiger partial charge in [-0.2, -0.15) is 10.2 Å². The largest absolute Gasteiger partial charge is 0.483 e. The molecule has 1 N–H and O–H groups in total. The zero-order valence-corrected chi connectivity index (χ0v) is 23.7. The minimum atomic E-state index is -1.01. The molecule has 0 unspecified atom stereocenters. The molecule has 0 radical (unpaired) electrons. The van der Waals surface area contributed by atoms with E-state index in [-0.39, 0.29) is 41.5 Å². The predicted octanol–water partition coefficient (Wildman–Crippen LogP) is 4.28. The van der Waals surface area contributed by atoms with Gasteiger partial charge in [0.25, 0.3) is 0 Å². The molecule has 2 fully saturated rings. The number of halogens is 2. The Bertz CT molecular complexity index is 1700. The van der Waals surface area contributed by atoms with Crippen LogP contribution in [-0.4, -0.2) is 73.6 Å². The monoisotopic (exact) mass is 604 g/mol. The number of carboxylic acid groups (broad SMARTS) is 1. The van der Waals surface area contributed by atoms with Gasteiger partial charge in [0, 0.05) is 37.9 Å². The first-order chi connectivity index (χ1) is 21.4. The van der Waals surface area contributed by atoms with Crippen LogP contribution in [0.25, 0.3) is 11.0 Å². The summed E-state index contributed by atoms with van der Waals surface area (Å²) in [6, 6.07) is 11.9. The normalized spacial score (nSPS) is 20.2. The molecule has 0 aliphatic carbocycles. The van der Waals surface area contributed by atoms with Crippen molar-refractivity contribution in [3.63, 3.8) is 0 Å². The third kappa shape index (κ3) is 6.46. The van der Waals surface area contributed by atoms with Crippen LogP contribution in [0, 0.1) is 17.1 Å². The highest BCUT2D eigenvalue weighted by Crippen LogP contribution is 2.27. The van der Waals surface area contributed by atoms with Crippen LogP contribution in [-0.2, 0) is 24.4 Å². The Hall–Kier alpha value is -4.67. The van der Waals surface area contributed by atoms with Gasteiger partial charge in [-0.15, -0.1) is 0 Å². The van der Waals surface area contributed by atoms with Gasteiger partial charge in [0.05, 0.1) is 47.4 Å². The topological polar surface area (TPSA) is 136 Å². The maximum Gasteiger partial charge on any atom is 0.335 e. The van der Waals surface area contributed by atoms with E-state index in [2.05, 4.69) is 9.97 Å². The van der Waals surface area contributed by atoms with Crippen molar-refractivity contribution >= 4 is 17.0 Å². The quantitative estimate of drug-likeness (QED) is 0.264. The first-order valence-electron chi connectivity index (χ1n) is 14.3. The second-order valence-electron chi connectivity index (χ2n) is 10.8. The molecule has 4 aromatic rings. The summed E-state index contributed by atoms with van der Waals surface area (Å²) in [6.07, 6.45) is 3.23. The maximum absolute atomic E-state index is 14.4. The number of benzene rings is 2. The molecule has 3 atom stereocenters. The zero-order chi connectivity index (χ0) is 30.6. The minimum absolute atomic E-state index is 0.0202. The van der Waals surface area contributed by atoms with Gasteiger partial charge in [0.2, 0.25) is 5.88 Å². The van der Waals surface area contributed by atoms with E-state index in [1.54, 1.807) is 18.2 Å². The number of aromatic nitrogens is 4. The maximum atomic E-state index is 14.4. The fraction of sp³-hybridized carbons (Fsp3) is 0.387. The Kier molecular flexibility index (Phi) is 8.63. The number of imidazole rings is 1. The van der Waals surface area contributed by atoms with Crippen LogP contribution >= 0.6 is 0 Å². The van der Waals surface area contributed by atoms with Crippen LogP contribution in [0.1, 0.15) is 46.8 Å². The van der Waals surface area contributed by atoms with Crippen molar-refractivity contribution in [2.75, 3.05) is 19.8 Å². The molecule has 4 heterocycles. The van der Waals surface area contributed by atoms with Crippen molar-refractivity contribution in [1.82, 2.24) is 24.4 Å². The first-order valence-corrected chi connectivity index (χ1v) is 14.3. The lowest BCUT2D eigenvalue weighted by Crippen LogP contribution is -2.47. The van der Waals surface area contributed by atoms with Crippen molar-refractivity contribution in [3.05, 3.63) is 77.3 Å². The molecule has 2 aromatic heterocycles. The van der Waals surface area contributed by atoms with Gasteiger partial charge in [-0.1, -0.05) is 0 Å². The van der Waals surface area contributed by atoms with Crippen LogP contribution in [0.15, 0.2) is 48.7 Å². The lowest BCUT2D eigenvalue weighted by atomic mass is 10.00. The SMILES string of the molecule is N#Cc1ccc(OCc2nccc(O[C@H]3CCN(Cc4nc5ccc(C(=O)O)cc5n4C[C@@H]4CCO4)[C@@H](CF)C3)n2)c(F)c1. The van der Waals surface area contributed by atoms with E-state index in [1.807, 2.05) is 15.5 Å². The summed E-state index contributed by atoms with van der Waals surface area (Å²) in [5.41, 5.74) is 1.77. The Morgan fingerprint density at radius 3 is 2.77 bits per heavy atom. The summed E-state index contributed by atoms with van der Waals surface area (Å²) in [5.74, 6) is -0.359. The third-order valence-electron chi connectivity index (χ3n) is 7.95. The van der Waals surface area contributed by atoms with Crippen molar-refractivity contribution in [2.45, 2.75) is 57.2 Å². The fourth-order valence-electron chi connectivity index (χ4n) is 5.50. The standard InChI is InChI=1S/C31H30F2N6O5/c32-14-21-13-22(44-30-5-8-35-28(37-30)18-43-27-4-1-19(15-34)11-24(27)33)6-9-38(21)17-29-36-25-3-2-20(31(40)41)12-26(25)39(29)16-23-7-10-42-23/h1-5,8,11-12,21-23H,6-7,9-10,13-14,16-18H2,(H,40,41)/t21-,22+,23+/m1/s1. The van der Waals surface area contributed by atoms with Gasteiger partial charge in [0.1, 0.15) is 25.2 Å². The average molecular weight is 605 g/mol. The lowest BCUT2D eigenvalue weighted by Gasteiger charge is -2.38. The number of rotatable bonds is 11. The number of fused-ring (bicyclic) bond motifs is 1. The number of ether oxygens (including phenoxy) is 3. The van der Waals surface area contributed by atoms with Gasteiger partial charge in [-0.3, -0.25) is 4.90 Å². The molecule has 13 heteroatoms.